The van der Waals surface area contributed by atoms with Crippen LogP contribution in [0.3, 0.4) is 0 Å². The van der Waals surface area contributed by atoms with E-state index in [1.807, 2.05) is 15.9 Å². The zero-order valence-electron chi connectivity index (χ0n) is 5.15. The zero-order chi connectivity index (χ0) is 6.69. The summed E-state index contributed by atoms with van der Waals surface area (Å²) in [7, 11) is 1.73. The van der Waals surface area contributed by atoms with Crippen LogP contribution in [0.1, 0.15) is 0 Å². The van der Waals surface area contributed by atoms with Crippen molar-refractivity contribution in [2.75, 3.05) is 13.6 Å². The van der Waals surface area contributed by atoms with E-state index in [0.29, 0.717) is 0 Å². The van der Waals surface area contributed by atoms with E-state index in [4.69, 9.17) is 0 Å². The normalized spacial score (nSPS) is 18.3. The fourth-order valence-electron chi connectivity index (χ4n) is 0.545. The predicted molar refractivity (Wildman–Crippen MR) is 37.3 cm³/mol. The molecule has 0 fully saturated rings. The van der Waals surface area contributed by atoms with Crippen LogP contribution >= 0.6 is 11.9 Å². The maximum absolute atomic E-state index is 10.1. The third-order valence-corrected chi connectivity index (χ3v) is 2.01. The van der Waals surface area contributed by atoms with Crippen LogP contribution in [-0.4, -0.2) is 29.4 Å². The molecule has 0 saturated heterocycles. The van der Waals surface area contributed by atoms with Crippen molar-refractivity contribution in [3.63, 3.8) is 0 Å². The number of nitrogens with zero attached hydrogens (tertiary/aromatic N) is 2. The molecule has 1 aliphatic heterocycles. The van der Waals surface area contributed by atoms with Crippen molar-refractivity contribution >= 4 is 18.4 Å². The van der Waals surface area contributed by atoms with Crippen molar-refractivity contribution in [2.24, 2.45) is 0 Å². The first-order valence-corrected chi connectivity index (χ1v) is 3.45. The Morgan fingerprint density at radius 2 is 2.67 bits per heavy atom. The largest absolute Gasteiger partial charge is 0.277 e. The molecular formula is C5H8N2OS. The Kier molecular flexibility index (Phi) is 2.13. The van der Waals surface area contributed by atoms with Gasteiger partial charge in [-0.3, -0.25) is 9.80 Å². The van der Waals surface area contributed by atoms with Gasteiger partial charge in [-0.25, -0.2) is 0 Å². The zero-order valence-corrected chi connectivity index (χ0v) is 5.97. The SMILES string of the molecule is CN(C=O)N1CC=CS1. The van der Waals surface area contributed by atoms with Crippen molar-refractivity contribution in [1.82, 2.24) is 9.42 Å². The molecule has 1 aliphatic rings. The highest BCUT2D eigenvalue weighted by Crippen LogP contribution is 2.17. The van der Waals surface area contributed by atoms with Crippen LogP contribution in [0, 0.1) is 0 Å². The monoisotopic (exact) mass is 144 g/mol. The van der Waals surface area contributed by atoms with Crippen LogP contribution in [-0.2, 0) is 4.79 Å². The fourth-order valence-corrected chi connectivity index (χ4v) is 1.22. The number of amides is 1. The molecule has 0 aromatic carbocycles. The molecule has 0 saturated carbocycles. The van der Waals surface area contributed by atoms with E-state index in [1.54, 1.807) is 7.05 Å². The third kappa shape index (κ3) is 1.46. The summed E-state index contributed by atoms with van der Waals surface area (Å²) >= 11 is 1.52. The Bertz CT molecular complexity index is 129. The maximum atomic E-state index is 10.1. The molecule has 0 aromatic heterocycles. The molecule has 0 atom stereocenters. The van der Waals surface area contributed by atoms with E-state index < -0.39 is 0 Å². The van der Waals surface area contributed by atoms with Crippen LogP contribution < -0.4 is 0 Å². The van der Waals surface area contributed by atoms with Gasteiger partial charge < -0.3 is 0 Å². The molecule has 0 spiro atoms. The highest BCUT2D eigenvalue weighted by atomic mass is 32.2. The van der Waals surface area contributed by atoms with Crippen LogP contribution in [0.15, 0.2) is 11.5 Å². The lowest BCUT2D eigenvalue weighted by Crippen LogP contribution is -2.31. The van der Waals surface area contributed by atoms with E-state index in [1.165, 1.54) is 17.0 Å². The molecule has 1 rings (SSSR count). The fraction of sp³-hybridized carbons (Fsp3) is 0.400. The predicted octanol–water partition coefficient (Wildman–Crippen LogP) is 0.467. The molecule has 1 heterocycles. The summed E-state index contributed by atoms with van der Waals surface area (Å²) in [6.45, 7) is 0.819. The second-order valence-electron chi connectivity index (χ2n) is 1.69. The Labute approximate surface area is 58.4 Å². The minimum absolute atomic E-state index is 0.792. The number of carbonyl (C=O) groups is 1. The molecule has 0 radical (unpaired) electrons. The quantitative estimate of drug-likeness (QED) is 0.415. The van der Waals surface area contributed by atoms with Gasteiger partial charge in [-0.1, -0.05) is 6.08 Å². The molecule has 0 N–H and O–H groups in total. The lowest BCUT2D eigenvalue weighted by atomic mass is 10.6. The van der Waals surface area contributed by atoms with Gasteiger partial charge in [0.15, 0.2) is 0 Å². The summed E-state index contributed by atoms with van der Waals surface area (Å²) in [5.41, 5.74) is 0. The minimum Gasteiger partial charge on any atom is -0.277 e. The van der Waals surface area contributed by atoms with E-state index >= 15 is 0 Å². The smallest absolute Gasteiger partial charge is 0.224 e. The lowest BCUT2D eigenvalue weighted by molar-refractivity contribution is -0.123. The first-order chi connectivity index (χ1) is 4.34. The summed E-state index contributed by atoms with van der Waals surface area (Å²) in [5.74, 6) is 0. The second kappa shape index (κ2) is 2.89. The molecule has 0 unspecified atom stereocenters. The standard InChI is InChI=1S/C5H8N2OS/c1-6(5-8)7-3-2-4-9-7/h2,4-5H,3H2,1H3. The number of carbonyl (C=O) groups excluding carboxylic acids is 1. The highest BCUT2D eigenvalue weighted by Gasteiger charge is 2.09. The lowest BCUT2D eigenvalue weighted by Gasteiger charge is -2.20. The number of rotatable bonds is 2. The van der Waals surface area contributed by atoms with Crippen molar-refractivity contribution < 1.29 is 4.79 Å². The molecule has 4 heteroatoms. The third-order valence-electron chi connectivity index (χ3n) is 1.04. The van der Waals surface area contributed by atoms with E-state index in [0.717, 1.165) is 13.0 Å². The summed E-state index contributed by atoms with van der Waals surface area (Å²) in [5, 5.41) is 3.48. The van der Waals surface area contributed by atoms with Crippen LogP contribution in [0.4, 0.5) is 0 Å². The van der Waals surface area contributed by atoms with Gasteiger partial charge in [0.25, 0.3) is 0 Å². The van der Waals surface area contributed by atoms with Gasteiger partial charge in [-0.05, 0) is 17.4 Å². The average Bonchev–Trinajstić information content (AvgIpc) is 2.37. The molecule has 0 aromatic rings. The van der Waals surface area contributed by atoms with Crippen molar-refractivity contribution in [2.45, 2.75) is 0 Å². The van der Waals surface area contributed by atoms with Crippen LogP contribution in [0.2, 0.25) is 0 Å². The summed E-state index contributed by atoms with van der Waals surface area (Å²) in [6.07, 6.45) is 2.80. The second-order valence-corrected chi connectivity index (χ2v) is 2.60. The Morgan fingerprint density at radius 3 is 3.11 bits per heavy atom. The molecule has 9 heavy (non-hydrogen) atoms. The first-order valence-electron chi connectivity index (χ1n) is 2.62. The van der Waals surface area contributed by atoms with Gasteiger partial charge in [-0.2, -0.15) is 4.41 Å². The average molecular weight is 144 g/mol. The van der Waals surface area contributed by atoms with Gasteiger partial charge in [-0.15, -0.1) is 0 Å². The van der Waals surface area contributed by atoms with Gasteiger partial charge in [0, 0.05) is 13.6 Å². The Morgan fingerprint density at radius 1 is 1.89 bits per heavy atom. The Hall–Kier alpha value is -0.480. The summed E-state index contributed by atoms with van der Waals surface area (Å²) in [6, 6.07) is 0. The van der Waals surface area contributed by atoms with Gasteiger partial charge in [0.1, 0.15) is 0 Å². The maximum Gasteiger partial charge on any atom is 0.224 e. The van der Waals surface area contributed by atoms with Crippen LogP contribution in [0.5, 0.6) is 0 Å². The minimum atomic E-state index is 0.792. The molecule has 1 amide bonds. The van der Waals surface area contributed by atoms with Gasteiger partial charge >= 0.3 is 0 Å². The molecular weight excluding hydrogens is 136 g/mol. The van der Waals surface area contributed by atoms with Gasteiger partial charge in [0.2, 0.25) is 6.41 Å². The Balaban J connectivity index is 2.35. The van der Waals surface area contributed by atoms with E-state index in [-0.39, 0.29) is 0 Å². The summed E-state index contributed by atoms with van der Waals surface area (Å²) in [4.78, 5) is 10.1. The van der Waals surface area contributed by atoms with E-state index in [2.05, 4.69) is 0 Å². The molecule has 3 nitrogen and oxygen atoms in total. The van der Waals surface area contributed by atoms with Crippen LogP contribution in [0.25, 0.3) is 0 Å². The van der Waals surface area contributed by atoms with Crippen molar-refractivity contribution in [1.29, 1.82) is 0 Å². The number of hydrogen-bond acceptors (Lipinski definition) is 3. The number of hydrazine groups is 1. The molecule has 50 valence electrons. The number of hydrogen-bond donors (Lipinski definition) is 0. The first kappa shape index (κ1) is 6.64. The molecule has 0 aliphatic carbocycles. The van der Waals surface area contributed by atoms with Crippen molar-refractivity contribution in [3.8, 4) is 0 Å². The highest BCUT2D eigenvalue weighted by molar-refractivity contribution is 8.00. The molecule has 0 bridgehead atoms. The topological polar surface area (TPSA) is 23.6 Å². The van der Waals surface area contributed by atoms with E-state index in [9.17, 15) is 4.79 Å². The summed E-state index contributed by atoms with van der Waals surface area (Å²) < 4.78 is 1.85. The van der Waals surface area contributed by atoms with Gasteiger partial charge in [0.05, 0.1) is 0 Å². The van der Waals surface area contributed by atoms with Crippen molar-refractivity contribution in [3.05, 3.63) is 11.5 Å².